The molecule has 0 saturated heterocycles. The van der Waals surface area contributed by atoms with Crippen LogP contribution in [0.3, 0.4) is 0 Å². The molecule has 3 rings (SSSR count). The van der Waals surface area contributed by atoms with Gasteiger partial charge < -0.3 is 5.32 Å². The molecule has 0 spiro atoms. The monoisotopic (exact) mass is 289 g/mol. The third-order valence-corrected chi connectivity index (χ3v) is 3.77. The number of pyridine rings is 1. The van der Waals surface area contributed by atoms with Crippen LogP contribution in [0.5, 0.6) is 0 Å². The molecule has 0 aromatic carbocycles. The van der Waals surface area contributed by atoms with Crippen molar-refractivity contribution in [2.45, 2.75) is 19.9 Å². The first-order valence-corrected chi connectivity index (χ1v) is 6.75. The summed E-state index contributed by atoms with van der Waals surface area (Å²) in [6.45, 7) is 3.06. The van der Waals surface area contributed by atoms with Gasteiger partial charge in [0.25, 0.3) is 5.91 Å². The number of amides is 2. The molecule has 1 N–H and O–H groups in total. The normalized spacial score (nSPS) is 18.5. The van der Waals surface area contributed by atoms with Crippen LogP contribution in [0.2, 0.25) is 0 Å². The van der Waals surface area contributed by atoms with E-state index < -0.39 is 6.04 Å². The molecular formula is C12H11N5O2S. The van der Waals surface area contributed by atoms with E-state index in [1.165, 1.54) is 23.3 Å². The van der Waals surface area contributed by atoms with Crippen molar-refractivity contribution < 1.29 is 9.59 Å². The molecule has 0 bridgehead atoms. The van der Waals surface area contributed by atoms with Crippen LogP contribution >= 0.6 is 11.3 Å². The molecule has 1 unspecified atom stereocenters. The minimum Gasteiger partial charge on any atom is -0.340 e. The first-order valence-electron chi connectivity index (χ1n) is 5.94. The lowest BCUT2D eigenvalue weighted by atomic mass is 10.2. The molecular weight excluding hydrogens is 278 g/mol. The van der Waals surface area contributed by atoms with Crippen LogP contribution in [0.4, 0.5) is 5.13 Å². The first kappa shape index (κ1) is 12.7. The number of anilines is 1. The summed E-state index contributed by atoms with van der Waals surface area (Å²) >= 11 is 1.28. The molecule has 2 aromatic heterocycles. The fourth-order valence-electron chi connectivity index (χ4n) is 1.92. The van der Waals surface area contributed by atoms with Crippen molar-refractivity contribution >= 4 is 44.3 Å². The third kappa shape index (κ3) is 2.03. The highest BCUT2D eigenvalue weighted by molar-refractivity contribution is 7.22. The van der Waals surface area contributed by atoms with Crippen LogP contribution in [-0.4, -0.2) is 33.5 Å². The van der Waals surface area contributed by atoms with Crippen molar-refractivity contribution in [1.29, 1.82) is 0 Å². The Kier molecular flexibility index (Phi) is 2.94. The molecule has 2 aromatic rings. The van der Waals surface area contributed by atoms with E-state index in [0.717, 1.165) is 10.3 Å². The lowest BCUT2D eigenvalue weighted by Crippen LogP contribution is -2.44. The zero-order valence-electron chi connectivity index (χ0n) is 10.8. The summed E-state index contributed by atoms with van der Waals surface area (Å²) in [6, 6.07) is 2.89. The predicted molar refractivity (Wildman–Crippen MR) is 75.6 cm³/mol. The van der Waals surface area contributed by atoms with Crippen molar-refractivity contribution in [2.24, 2.45) is 5.10 Å². The zero-order chi connectivity index (χ0) is 14.3. The molecule has 20 heavy (non-hydrogen) atoms. The molecule has 0 saturated carbocycles. The van der Waals surface area contributed by atoms with Gasteiger partial charge in [0.2, 0.25) is 11.0 Å². The number of hydrogen-bond donors (Lipinski definition) is 1. The van der Waals surface area contributed by atoms with Crippen molar-refractivity contribution in [2.75, 3.05) is 5.01 Å². The number of hydrogen-bond acceptors (Lipinski definition) is 6. The Bertz CT molecular complexity index is 705. The van der Waals surface area contributed by atoms with Crippen LogP contribution in [-0.2, 0) is 9.59 Å². The maximum absolute atomic E-state index is 12.3. The van der Waals surface area contributed by atoms with E-state index >= 15 is 0 Å². The van der Waals surface area contributed by atoms with Gasteiger partial charge in [0.15, 0.2) is 6.04 Å². The number of carbonyl (C=O) groups is 2. The van der Waals surface area contributed by atoms with E-state index in [4.69, 9.17) is 0 Å². The van der Waals surface area contributed by atoms with E-state index in [-0.39, 0.29) is 11.8 Å². The molecule has 3 heterocycles. The highest BCUT2D eigenvalue weighted by Crippen LogP contribution is 2.29. The van der Waals surface area contributed by atoms with Crippen molar-refractivity contribution in [3.63, 3.8) is 0 Å². The number of nitrogens with zero attached hydrogens (tertiary/aromatic N) is 4. The number of hydrazone groups is 1. The van der Waals surface area contributed by atoms with Crippen LogP contribution in [0.15, 0.2) is 23.4 Å². The maximum atomic E-state index is 12.3. The van der Waals surface area contributed by atoms with Crippen LogP contribution in [0.1, 0.15) is 13.8 Å². The lowest BCUT2D eigenvalue weighted by molar-refractivity contribution is -0.124. The molecule has 1 atom stereocenters. The minimum atomic E-state index is -0.715. The van der Waals surface area contributed by atoms with Crippen LogP contribution < -0.4 is 10.3 Å². The Morgan fingerprint density at radius 2 is 2.30 bits per heavy atom. The number of carbonyl (C=O) groups excluding carboxylic acids is 2. The lowest BCUT2D eigenvalue weighted by Gasteiger charge is -2.11. The minimum absolute atomic E-state index is 0.272. The van der Waals surface area contributed by atoms with Gasteiger partial charge in [0, 0.05) is 13.1 Å². The Morgan fingerprint density at radius 3 is 3.00 bits per heavy atom. The highest BCUT2D eigenvalue weighted by atomic mass is 32.1. The Labute approximate surface area is 118 Å². The second kappa shape index (κ2) is 4.64. The van der Waals surface area contributed by atoms with Gasteiger partial charge in [-0.2, -0.15) is 10.1 Å². The van der Waals surface area contributed by atoms with E-state index in [1.807, 2.05) is 6.07 Å². The first-order chi connectivity index (χ1) is 9.56. The summed E-state index contributed by atoms with van der Waals surface area (Å²) in [7, 11) is 0. The van der Waals surface area contributed by atoms with Crippen molar-refractivity contribution in [3.05, 3.63) is 18.3 Å². The molecule has 8 heteroatoms. The smallest absolute Gasteiger partial charge is 0.278 e. The number of thiazole rings is 1. The molecule has 2 amide bonds. The Balaban J connectivity index is 1.95. The van der Waals surface area contributed by atoms with Gasteiger partial charge in [-0.1, -0.05) is 11.3 Å². The molecule has 0 aliphatic carbocycles. The van der Waals surface area contributed by atoms with Gasteiger partial charge in [0.05, 0.1) is 5.71 Å². The topological polar surface area (TPSA) is 87.5 Å². The summed E-state index contributed by atoms with van der Waals surface area (Å²) in [5, 5.41) is 8.43. The quantitative estimate of drug-likeness (QED) is 0.890. The number of fused-ring (bicyclic) bond motifs is 1. The van der Waals surface area contributed by atoms with Gasteiger partial charge in [-0.05, 0) is 19.1 Å². The SMILES string of the molecule is CC(=O)NC1C(=O)N(c2nc3cccnc3s2)N=C1C. The van der Waals surface area contributed by atoms with E-state index in [1.54, 1.807) is 19.2 Å². The van der Waals surface area contributed by atoms with Crippen molar-refractivity contribution in [3.8, 4) is 0 Å². The Morgan fingerprint density at radius 1 is 1.50 bits per heavy atom. The third-order valence-electron chi connectivity index (χ3n) is 2.82. The van der Waals surface area contributed by atoms with E-state index in [0.29, 0.717) is 10.8 Å². The average molecular weight is 289 g/mol. The predicted octanol–water partition coefficient (Wildman–Crippen LogP) is 0.918. The number of nitrogens with one attached hydrogen (secondary N) is 1. The van der Waals surface area contributed by atoms with E-state index in [9.17, 15) is 9.59 Å². The summed E-state index contributed by atoms with van der Waals surface area (Å²) in [5.41, 5.74) is 1.26. The van der Waals surface area contributed by atoms with Gasteiger partial charge in [0.1, 0.15) is 10.3 Å². The molecule has 7 nitrogen and oxygen atoms in total. The highest BCUT2D eigenvalue weighted by Gasteiger charge is 2.36. The van der Waals surface area contributed by atoms with Gasteiger partial charge in [-0.3, -0.25) is 9.59 Å². The fourth-order valence-corrected chi connectivity index (χ4v) is 2.79. The average Bonchev–Trinajstić information content (AvgIpc) is 2.94. The summed E-state index contributed by atoms with van der Waals surface area (Å²) in [4.78, 5) is 32.6. The maximum Gasteiger partial charge on any atom is 0.278 e. The second-order valence-corrected chi connectivity index (χ2v) is 5.31. The van der Waals surface area contributed by atoms with Gasteiger partial charge in [-0.15, -0.1) is 0 Å². The number of rotatable bonds is 2. The molecule has 1 aliphatic rings. The molecule has 0 radical (unpaired) electrons. The van der Waals surface area contributed by atoms with Gasteiger partial charge in [-0.25, -0.2) is 9.97 Å². The van der Waals surface area contributed by atoms with Crippen molar-refractivity contribution in [1.82, 2.24) is 15.3 Å². The summed E-state index contributed by atoms with van der Waals surface area (Å²) in [5.74, 6) is -0.581. The largest absolute Gasteiger partial charge is 0.340 e. The van der Waals surface area contributed by atoms with Crippen LogP contribution in [0.25, 0.3) is 10.3 Å². The van der Waals surface area contributed by atoms with E-state index in [2.05, 4.69) is 20.4 Å². The summed E-state index contributed by atoms with van der Waals surface area (Å²) < 4.78 is 0. The van der Waals surface area contributed by atoms with Crippen LogP contribution in [0, 0.1) is 0 Å². The standard InChI is InChI=1S/C12H11N5O2S/c1-6-9(14-7(2)18)11(19)17(16-6)12-15-8-4-3-5-13-10(8)20-12/h3-5,9H,1-2H3,(H,14,18). The van der Waals surface area contributed by atoms with Gasteiger partial charge >= 0.3 is 0 Å². The Hall–Kier alpha value is -2.35. The zero-order valence-corrected chi connectivity index (χ0v) is 11.6. The summed E-state index contributed by atoms with van der Waals surface area (Å²) in [6.07, 6.45) is 1.67. The molecule has 0 fully saturated rings. The molecule has 102 valence electrons. The second-order valence-electron chi connectivity index (χ2n) is 4.35. The number of aromatic nitrogens is 2. The fraction of sp³-hybridized carbons (Fsp3) is 0.250. The molecule has 1 aliphatic heterocycles.